The smallest absolute Gasteiger partial charge is 0.0558 e. The Hall–Kier alpha value is -0.640. The van der Waals surface area contributed by atoms with Crippen molar-refractivity contribution in [1.82, 2.24) is 4.90 Å². The Balaban J connectivity index is 1.98. The Bertz CT molecular complexity index is 321. The van der Waals surface area contributed by atoms with E-state index < -0.39 is 0 Å². The van der Waals surface area contributed by atoms with Gasteiger partial charge in [-0.3, -0.25) is 4.90 Å². The van der Waals surface area contributed by atoms with Crippen molar-refractivity contribution >= 4 is 11.3 Å². The van der Waals surface area contributed by atoms with Crippen LogP contribution in [0.4, 0.5) is 0 Å². The first-order valence-electron chi connectivity index (χ1n) is 5.93. The summed E-state index contributed by atoms with van der Waals surface area (Å²) in [6, 6.07) is 2.68. The Morgan fingerprint density at radius 3 is 3.06 bits per heavy atom. The van der Waals surface area contributed by atoms with Crippen LogP contribution in [0, 0.1) is 0 Å². The lowest BCUT2D eigenvalue weighted by Crippen LogP contribution is -2.36. The molecule has 0 spiro atoms. The fourth-order valence-electron chi connectivity index (χ4n) is 2.21. The van der Waals surface area contributed by atoms with Crippen molar-refractivity contribution in [3.63, 3.8) is 0 Å². The second kappa shape index (κ2) is 6.18. The number of rotatable bonds is 5. The van der Waals surface area contributed by atoms with E-state index >= 15 is 0 Å². The molecule has 2 nitrogen and oxygen atoms in total. The molecule has 1 aromatic rings. The number of thiophene rings is 1. The molecule has 0 saturated carbocycles. The number of aliphatic hydroxyl groups is 1. The Morgan fingerprint density at radius 1 is 1.50 bits per heavy atom. The number of allylic oxidation sites excluding steroid dienone is 1. The molecule has 1 atom stereocenters. The number of hydrogen-bond acceptors (Lipinski definition) is 3. The monoisotopic (exact) mass is 237 g/mol. The van der Waals surface area contributed by atoms with Gasteiger partial charge in [0.15, 0.2) is 0 Å². The Kier molecular flexibility index (Phi) is 4.57. The Morgan fingerprint density at radius 2 is 2.44 bits per heavy atom. The molecule has 88 valence electrons. The summed E-state index contributed by atoms with van der Waals surface area (Å²) in [6.07, 6.45) is 8.27. The van der Waals surface area contributed by atoms with Gasteiger partial charge in [-0.1, -0.05) is 12.2 Å². The number of hydrogen-bond donors (Lipinski definition) is 1. The van der Waals surface area contributed by atoms with E-state index in [-0.39, 0.29) is 6.61 Å². The van der Waals surface area contributed by atoms with Crippen LogP contribution in [0.1, 0.15) is 24.8 Å². The number of nitrogens with zero attached hydrogens (tertiary/aromatic N) is 1. The molecule has 3 heteroatoms. The minimum atomic E-state index is 0.245. The first kappa shape index (κ1) is 11.8. The second-order valence-electron chi connectivity index (χ2n) is 4.25. The summed E-state index contributed by atoms with van der Waals surface area (Å²) in [6.45, 7) is 1.97. The molecule has 0 bridgehead atoms. The fourth-order valence-corrected chi connectivity index (χ4v) is 2.87. The highest BCUT2D eigenvalue weighted by molar-refractivity contribution is 7.07. The van der Waals surface area contributed by atoms with Crippen LogP contribution in [-0.4, -0.2) is 29.2 Å². The van der Waals surface area contributed by atoms with Crippen molar-refractivity contribution in [1.29, 1.82) is 0 Å². The van der Waals surface area contributed by atoms with E-state index in [1.54, 1.807) is 11.3 Å². The minimum Gasteiger partial charge on any atom is -0.395 e. The molecular formula is C13H19NOS. The summed E-state index contributed by atoms with van der Waals surface area (Å²) >= 11 is 1.74. The normalized spacial score (nSPS) is 20.5. The van der Waals surface area contributed by atoms with Crippen LogP contribution in [0.5, 0.6) is 0 Å². The zero-order chi connectivity index (χ0) is 11.2. The van der Waals surface area contributed by atoms with Gasteiger partial charge in [0.05, 0.1) is 6.61 Å². The van der Waals surface area contributed by atoms with Crippen molar-refractivity contribution in [3.05, 3.63) is 34.5 Å². The summed E-state index contributed by atoms with van der Waals surface area (Å²) in [5.74, 6) is 0. The molecule has 0 radical (unpaired) electrons. The topological polar surface area (TPSA) is 23.5 Å². The highest BCUT2D eigenvalue weighted by Gasteiger charge is 2.17. The van der Waals surface area contributed by atoms with E-state index in [0.29, 0.717) is 6.04 Å². The molecule has 1 aromatic heterocycles. The maximum Gasteiger partial charge on any atom is 0.0558 e. The van der Waals surface area contributed by atoms with E-state index in [9.17, 15) is 0 Å². The van der Waals surface area contributed by atoms with Crippen LogP contribution in [-0.2, 0) is 6.54 Å². The fraction of sp³-hybridized carbons (Fsp3) is 0.538. The van der Waals surface area contributed by atoms with Gasteiger partial charge in [0.25, 0.3) is 0 Å². The quantitative estimate of drug-likeness (QED) is 0.796. The highest BCUT2D eigenvalue weighted by Crippen LogP contribution is 2.19. The third kappa shape index (κ3) is 3.17. The SMILES string of the molecule is OCCN(Cc1ccsc1)[C@H]1C=CCCC1. The summed E-state index contributed by atoms with van der Waals surface area (Å²) in [4.78, 5) is 2.37. The van der Waals surface area contributed by atoms with Gasteiger partial charge in [0.2, 0.25) is 0 Å². The van der Waals surface area contributed by atoms with Crippen molar-refractivity contribution in [2.75, 3.05) is 13.2 Å². The first-order chi connectivity index (χ1) is 7.90. The molecule has 2 rings (SSSR count). The maximum absolute atomic E-state index is 9.13. The summed E-state index contributed by atoms with van der Waals surface area (Å²) in [5, 5.41) is 13.4. The second-order valence-corrected chi connectivity index (χ2v) is 5.03. The van der Waals surface area contributed by atoms with Crippen LogP contribution < -0.4 is 0 Å². The first-order valence-corrected chi connectivity index (χ1v) is 6.87. The predicted molar refractivity (Wildman–Crippen MR) is 68.6 cm³/mol. The van der Waals surface area contributed by atoms with Gasteiger partial charge < -0.3 is 5.11 Å². The largest absolute Gasteiger partial charge is 0.395 e. The van der Waals surface area contributed by atoms with E-state index in [2.05, 4.69) is 33.9 Å². The molecule has 0 aromatic carbocycles. The number of aliphatic hydroxyl groups excluding tert-OH is 1. The third-order valence-electron chi connectivity index (χ3n) is 3.05. The van der Waals surface area contributed by atoms with E-state index in [0.717, 1.165) is 13.1 Å². The van der Waals surface area contributed by atoms with Gasteiger partial charge in [0.1, 0.15) is 0 Å². The predicted octanol–water partition coefficient (Wildman–Crippen LogP) is 2.65. The van der Waals surface area contributed by atoms with Crippen molar-refractivity contribution in [3.8, 4) is 0 Å². The molecule has 1 heterocycles. The van der Waals surface area contributed by atoms with Crippen molar-refractivity contribution in [2.24, 2.45) is 0 Å². The van der Waals surface area contributed by atoms with E-state index in [1.165, 1.54) is 24.8 Å². The van der Waals surface area contributed by atoms with Gasteiger partial charge in [-0.15, -0.1) is 0 Å². The van der Waals surface area contributed by atoms with E-state index in [4.69, 9.17) is 5.11 Å². The van der Waals surface area contributed by atoms with E-state index in [1.807, 2.05) is 0 Å². The molecule has 1 N–H and O–H groups in total. The minimum absolute atomic E-state index is 0.245. The standard InChI is InChI=1S/C13H19NOS/c15-8-7-14(10-12-6-9-16-11-12)13-4-2-1-3-5-13/h2,4,6,9,11,13,15H,1,3,5,7-8,10H2/t13-/m0/s1. The van der Waals surface area contributed by atoms with Gasteiger partial charge in [-0.05, 0) is 41.7 Å². The lowest BCUT2D eigenvalue weighted by molar-refractivity contribution is 0.155. The Labute approximate surface area is 101 Å². The van der Waals surface area contributed by atoms with Crippen LogP contribution in [0.25, 0.3) is 0 Å². The summed E-state index contributed by atoms with van der Waals surface area (Å²) in [5.41, 5.74) is 1.36. The molecule has 1 aliphatic rings. The highest BCUT2D eigenvalue weighted by atomic mass is 32.1. The zero-order valence-electron chi connectivity index (χ0n) is 9.51. The van der Waals surface area contributed by atoms with Gasteiger partial charge in [0, 0.05) is 19.1 Å². The molecule has 0 amide bonds. The van der Waals surface area contributed by atoms with Crippen LogP contribution in [0.3, 0.4) is 0 Å². The van der Waals surface area contributed by atoms with Crippen molar-refractivity contribution in [2.45, 2.75) is 31.8 Å². The summed E-state index contributed by atoms with van der Waals surface area (Å²) < 4.78 is 0. The molecule has 16 heavy (non-hydrogen) atoms. The zero-order valence-corrected chi connectivity index (χ0v) is 10.3. The van der Waals surface area contributed by atoms with Crippen LogP contribution in [0.15, 0.2) is 29.0 Å². The van der Waals surface area contributed by atoms with Crippen molar-refractivity contribution < 1.29 is 5.11 Å². The lowest BCUT2D eigenvalue weighted by atomic mass is 10.0. The van der Waals surface area contributed by atoms with Gasteiger partial charge in [-0.25, -0.2) is 0 Å². The molecule has 0 fully saturated rings. The molecule has 0 unspecified atom stereocenters. The average Bonchev–Trinajstić information content (AvgIpc) is 2.83. The molecule has 0 aliphatic heterocycles. The average molecular weight is 237 g/mol. The van der Waals surface area contributed by atoms with Gasteiger partial charge in [-0.2, -0.15) is 11.3 Å². The molecule has 1 aliphatic carbocycles. The summed E-state index contributed by atoms with van der Waals surface area (Å²) in [7, 11) is 0. The van der Waals surface area contributed by atoms with Crippen LogP contribution in [0.2, 0.25) is 0 Å². The molecular weight excluding hydrogens is 218 g/mol. The van der Waals surface area contributed by atoms with Crippen LogP contribution >= 0.6 is 11.3 Å². The van der Waals surface area contributed by atoms with Gasteiger partial charge >= 0.3 is 0 Å². The molecule has 0 saturated heterocycles. The lowest BCUT2D eigenvalue weighted by Gasteiger charge is -2.30. The third-order valence-corrected chi connectivity index (χ3v) is 3.78. The maximum atomic E-state index is 9.13.